The van der Waals surface area contributed by atoms with Crippen LogP contribution in [0.4, 0.5) is 0 Å². The number of ketones is 1. The molecule has 1 aromatic heterocycles. The van der Waals surface area contributed by atoms with E-state index >= 15 is 0 Å². The zero-order valence-corrected chi connectivity index (χ0v) is 25.3. The molecule has 2 aliphatic heterocycles. The Bertz CT molecular complexity index is 1410. The summed E-state index contributed by atoms with van der Waals surface area (Å²) in [6, 6.07) is 12.8. The van der Waals surface area contributed by atoms with E-state index in [0.717, 1.165) is 17.1 Å². The van der Waals surface area contributed by atoms with Gasteiger partial charge in [-0.1, -0.05) is 44.2 Å². The lowest BCUT2D eigenvalue weighted by Gasteiger charge is -2.43. The molecule has 214 valence electrons. The Morgan fingerprint density at radius 1 is 1.07 bits per heavy atom. The van der Waals surface area contributed by atoms with Gasteiger partial charge in [0.25, 0.3) is 0 Å². The third-order valence-corrected chi connectivity index (χ3v) is 10.0. The van der Waals surface area contributed by atoms with E-state index in [1.165, 1.54) is 59.8 Å². The lowest BCUT2D eigenvalue weighted by molar-refractivity contribution is -0.129. The molecule has 3 atom stereocenters. The molecule has 3 heterocycles. The molecule has 8 heteroatoms. The topological polar surface area (TPSA) is 50.2 Å². The Morgan fingerprint density at radius 3 is 2.58 bits per heavy atom. The van der Waals surface area contributed by atoms with Gasteiger partial charge in [0.05, 0.1) is 31.6 Å². The molecule has 7 nitrogen and oxygen atoms in total. The normalized spacial score (nSPS) is 25.1. The highest BCUT2D eigenvalue weighted by Gasteiger charge is 2.38. The third kappa shape index (κ3) is 4.73. The van der Waals surface area contributed by atoms with Crippen LogP contribution < -0.4 is 9.47 Å². The molecule has 1 saturated carbocycles. The van der Waals surface area contributed by atoms with Gasteiger partial charge >= 0.3 is 0 Å². The monoisotopic (exact) mass is 562 g/mol. The van der Waals surface area contributed by atoms with E-state index in [0.29, 0.717) is 25.6 Å². The van der Waals surface area contributed by atoms with Crippen molar-refractivity contribution in [2.45, 2.75) is 77.2 Å². The van der Waals surface area contributed by atoms with Crippen LogP contribution >= 0.6 is 12.8 Å². The van der Waals surface area contributed by atoms with Crippen LogP contribution in [0.15, 0.2) is 36.4 Å². The second-order valence-electron chi connectivity index (χ2n) is 11.9. The van der Waals surface area contributed by atoms with Gasteiger partial charge in [-0.3, -0.25) is 9.69 Å². The van der Waals surface area contributed by atoms with Crippen molar-refractivity contribution in [2.75, 3.05) is 27.8 Å². The summed E-state index contributed by atoms with van der Waals surface area (Å²) in [4.78, 5) is 15.6. The van der Waals surface area contributed by atoms with Gasteiger partial charge in [0.1, 0.15) is 17.3 Å². The quantitative estimate of drug-likeness (QED) is 0.389. The minimum absolute atomic E-state index is 0.0474. The van der Waals surface area contributed by atoms with Gasteiger partial charge in [0.15, 0.2) is 0 Å². The number of ether oxygens (including phenoxy) is 2. The summed E-state index contributed by atoms with van der Waals surface area (Å²) in [6.07, 6.45) is 6.20. The zero-order valence-electron chi connectivity index (χ0n) is 24.4. The maximum absolute atomic E-state index is 13.4. The van der Waals surface area contributed by atoms with Crippen molar-refractivity contribution < 1.29 is 14.3 Å². The second kappa shape index (κ2) is 11.0. The van der Waals surface area contributed by atoms with Gasteiger partial charge in [-0.05, 0) is 69.0 Å². The van der Waals surface area contributed by atoms with Gasteiger partial charge in [-0.15, -0.1) is 0 Å². The first-order valence-electron chi connectivity index (χ1n) is 14.7. The second-order valence-corrected chi connectivity index (χ2v) is 12.4. The molecule has 1 fully saturated rings. The lowest BCUT2D eigenvalue weighted by Crippen LogP contribution is -2.56. The molecule has 6 rings (SSSR count). The number of likely N-dealkylation sites (N-methyl/N-ethyl adjacent to an activating group) is 1. The average molecular weight is 563 g/mol. The molecule has 4 bridgehead atoms. The number of hydrogen-bond donors (Lipinski definition) is 1. The van der Waals surface area contributed by atoms with E-state index in [9.17, 15) is 4.79 Å². The van der Waals surface area contributed by atoms with Gasteiger partial charge in [0, 0.05) is 48.6 Å². The maximum Gasteiger partial charge on any atom is 0.147 e. The summed E-state index contributed by atoms with van der Waals surface area (Å²) in [5.74, 6) is 2.20. The van der Waals surface area contributed by atoms with E-state index in [-0.39, 0.29) is 23.9 Å². The predicted octanol–water partition coefficient (Wildman–Crippen LogP) is 6.12. The van der Waals surface area contributed by atoms with Crippen LogP contribution in [0.5, 0.6) is 11.5 Å². The molecule has 0 spiro atoms. The highest BCUT2D eigenvalue weighted by molar-refractivity contribution is 7.77. The van der Waals surface area contributed by atoms with E-state index in [1.807, 2.05) is 23.6 Å². The van der Waals surface area contributed by atoms with E-state index in [4.69, 9.17) is 22.3 Å². The third-order valence-electron chi connectivity index (χ3n) is 9.62. The molecule has 3 aromatic rings. The van der Waals surface area contributed by atoms with Crippen LogP contribution in [-0.4, -0.2) is 64.7 Å². The van der Waals surface area contributed by atoms with Crippen LogP contribution in [0.2, 0.25) is 0 Å². The molecule has 3 aliphatic rings. The Hall–Kier alpha value is -2.52. The molecule has 0 amide bonds. The summed E-state index contributed by atoms with van der Waals surface area (Å²) in [5.41, 5.74) is 6.25. The number of benzene rings is 2. The standard InChI is InChI=1S/C32H42N4O3S/c1-20(37)31-24-18-35-28-15-22(17-36(40)34(4)21(2)33(31)3)11-13-26(28)30(23-9-7-6-8-10-23)32(35)27-14-12-25(38-5)16-29(27)39-19-24/h11-16,21,23-24,31,40H,6-10,17-19H2,1-5H3. The van der Waals surface area contributed by atoms with E-state index < -0.39 is 0 Å². The zero-order chi connectivity index (χ0) is 28.1. The average Bonchev–Trinajstić information content (AvgIpc) is 3.25. The number of carbonyl (C=O) groups is 1. The first kappa shape index (κ1) is 27.6. The van der Waals surface area contributed by atoms with Crippen LogP contribution in [0.25, 0.3) is 22.2 Å². The smallest absolute Gasteiger partial charge is 0.147 e. The number of thiol groups is 1. The minimum atomic E-state index is -0.322. The molecule has 40 heavy (non-hydrogen) atoms. The number of methoxy groups -OCH3 is 1. The molecular weight excluding hydrogens is 520 g/mol. The molecule has 2 aromatic carbocycles. The van der Waals surface area contributed by atoms with Crippen molar-refractivity contribution in [3.05, 3.63) is 47.5 Å². The fourth-order valence-corrected chi connectivity index (χ4v) is 7.65. The molecule has 0 radical (unpaired) electrons. The Morgan fingerprint density at radius 2 is 1.85 bits per heavy atom. The van der Waals surface area contributed by atoms with Gasteiger partial charge in [-0.25, -0.2) is 5.01 Å². The number of fused-ring (bicyclic) bond motifs is 4. The number of nitrogens with zero attached hydrogens (tertiary/aromatic N) is 4. The van der Waals surface area contributed by atoms with Crippen molar-refractivity contribution in [3.63, 3.8) is 0 Å². The Labute approximate surface area is 243 Å². The molecule has 0 N–H and O–H groups in total. The number of aromatic nitrogens is 1. The summed E-state index contributed by atoms with van der Waals surface area (Å²) in [5, 5.41) is 3.43. The number of hydrogen-bond acceptors (Lipinski definition) is 7. The lowest BCUT2D eigenvalue weighted by atomic mass is 9.81. The fraction of sp³-hybridized carbons (Fsp3) is 0.531. The number of Topliss-reactive ketones (excluding diaryl/α,β-unsaturated/α-hetero) is 1. The van der Waals surface area contributed by atoms with Crippen molar-refractivity contribution in [1.29, 1.82) is 0 Å². The summed E-state index contributed by atoms with van der Waals surface area (Å²) < 4.78 is 16.7. The van der Waals surface area contributed by atoms with E-state index in [2.05, 4.69) is 52.7 Å². The van der Waals surface area contributed by atoms with E-state index in [1.54, 1.807) is 14.0 Å². The molecule has 0 saturated heterocycles. The summed E-state index contributed by atoms with van der Waals surface area (Å²) in [7, 11) is 5.78. The molecule has 3 unspecified atom stereocenters. The number of carbonyl (C=O) groups excluding carboxylic acids is 1. The number of rotatable bonds is 3. The van der Waals surface area contributed by atoms with Crippen molar-refractivity contribution in [3.8, 4) is 22.8 Å². The fourth-order valence-electron chi connectivity index (χ4n) is 7.34. The molecular formula is C32H42N4O3S. The Balaban J connectivity index is 1.66. The minimum Gasteiger partial charge on any atom is -0.497 e. The van der Waals surface area contributed by atoms with Crippen molar-refractivity contribution >= 4 is 29.5 Å². The predicted molar refractivity (Wildman–Crippen MR) is 163 cm³/mol. The number of hydrazine groups is 1. The van der Waals surface area contributed by atoms with Crippen molar-refractivity contribution in [1.82, 2.24) is 18.9 Å². The summed E-state index contributed by atoms with van der Waals surface area (Å²) >= 11 is 4.87. The Kier molecular flexibility index (Phi) is 7.63. The largest absolute Gasteiger partial charge is 0.497 e. The first-order chi connectivity index (χ1) is 19.3. The van der Waals surface area contributed by atoms with Crippen LogP contribution in [0.1, 0.15) is 63.0 Å². The van der Waals surface area contributed by atoms with Crippen LogP contribution in [0.3, 0.4) is 0 Å². The SMILES string of the molecule is COc1ccc2c(c1)OCC1Cn3c-2c(C2CCCCC2)c2ccc(cc23)CN(S)N(C)C(C)N(C)C1C(C)=O. The van der Waals surface area contributed by atoms with Crippen LogP contribution in [0, 0.1) is 5.92 Å². The van der Waals surface area contributed by atoms with Gasteiger partial charge in [-0.2, -0.15) is 4.41 Å². The highest BCUT2D eigenvalue weighted by Crippen LogP contribution is 2.48. The molecule has 1 aliphatic carbocycles. The van der Waals surface area contributed by atoms with Gasteiger partial charge in [0.2, 0.25) is 0 Å². The maximum atomic E-state index is 13.4. The van der Waals surface area contributed by atoms with Crippen LogP contribution in [-0.2, 0) is 17.9 Å². The van der Waals surface area contributed by atoms with Gasteiger partial charge < -0.3 is 14.0 Å². The first-order valence-corrected chi connectivity index (χ1v) is 15.1. The van der Waals surface area contributed by atoms with Crippen molar-refractivity contribution in [2.24, 2.45) is 5.92 Å². The highest BCUT2D eigenvalue weighted by atomic mass is 32.1. The summed E-state index contributed by atoms with van der Waals surface area (Å²) in [6.45, 7) is 5.66.